The molecule has 2 nitrogen and oxygen atoms in total. The van der Waals surface area contributed by atoms with Crippen molar-refractivity contribution in [3.8, 4) is 0 Å². The van der Waals surface area contributed by atoms with Crippen molar-refractivity contribution in [2.24, 2.45) is 0 Å². The zero-order valence-electron chi connectivity index (χ0n) is 9.65. The SMILES string of the molecule is CC(O)(Cc1ccccc1)C1=CCCCO1. The van der Waals surface area contributed by atoms with Gasteiger partial charge < -0.3 is 9.84 Å². The van der Waals surface area contributed by atoms with Crippen molar-refractivity contribution >= 4 is 0 Å². The van der Waals surface area contributed by atoms with Gasteiger partial charge in [-0.2, -0.15) is 0 Å². The van der Waals surface area contributed by atoms with Crippen LogP contribution < -0.4 is 0 Å². The van der Waals surface area contributed by atoms with E-state index in [4.69, 9.17) is 4.74 Å². The maximum absolute atomic E-state index is 10.4. The first-order valence-electron chi connectivity index (χ1n) is 5.78. The Bertz CT molecular complexity index is 366. The number of aliphatic hydroxyl groups is 1. The molecule has 2 heteroatoms. The molecule has 0 amide bonds. The van der Waals surface area contributed by atoms with Gasteiger partial charge in [0.25, 0.3) is 0 Å². The molecule has 1 unspecified atom stereocenters. The summed E-state index contributed by atoms with van der Waals surface area (Å²) in [4.78, 5) is 0. The Morgan fingerprint density at radius 1 is 1.31 bits per heavy atom. The van der Waals surface area contributed by atoms with Gasteiger partial charge in [0.2, 0.25) is 0 Å². The van der Waals surface area contributed by atoms with Gasteiger partial charge in [0.15, 0.2) is 0 Å². The zero-order valence-corrected chi connectivity index (χ0v) is 9.65. The molecule has 16 heavy (non-hydrogen) atoms. The molecular formula is C14H18O2. The molecule has 1 N–H and O–H groups in total. The molecule has 0 bridgehead atoms. The topological polar surface area (TPSA) is 29.5 Å². The quantitative estimate of drug-likeness (QED) is 0.845. The van der Waals surface area contributed by atoms with Crippen LogP contribution in [-0.2, 0) is 11.2 Å². The summed E-state index contributed by atoms with van der Waals surface area (Å²) in [5, 5.41) is 10.4. The second-order valence-electron chi connectivity index (χ2n) is 4.50. The fourth-order valence-electron chi connectivity index (χ4n) is 2.01. The highest BCUT2D eigenvalue weighted by Crippen LogP contribution is 2.26. The van der Waals surface area contributed by atoms with E-state index in [1.807, 2.05) is 43.3 Å². The Balaban J connectivity index is 2.10. The van der Waals surface area contributed by atoms with Crippen LogP contribution in [0.1, 0.15) is 25.3 Å². The smallest absolute Gasteiger partial charge is 0.124 e. The van der Waals surface area contributed by atoms with Crippen molar-refractivity contribution in [1.29, 1.82) is 0 Å². The van der Waals surface area contributed by atoms with Gasteiger partial charge in [-0.05, 0) is 31.4 Å². The number of allylic oxidation sites excluding steroid dienone is 1. The maximum Gasteiger partial charge on any atom is 0.124 e. The van der Waals surface area contributed by atoms with Gasteiger partial charge in [-0.1, -0.05) is 30.3 Å². The minimum absolute atomic E-state index is 0.597. The van der Waals surface area contributed by atoms with Crippen LogP contribution in [0.4, 0.5) is 0 Å². The Morgan fingerprint density at radius 3 is 2.69 bits per heavy atom. The summed E-state index contributed by atoms with van der Waals surface area (Å²) in [6.45, 7) is 2.54. The highest BCUT2D eigenvalue weighted by molar-refractivity contribution is 5.21. The van der Waals surface area contributed by atoms with Crippen LogP contribution in [0.25, 0.3) is 0 Å². The van der Waals surface area contributed by atoms with Crippen LogP contribution in [0, 0.1) is 0 Å². The first kappa shape index (κ1) is 11.2. The van der Waals surface area contributed by atoms with E-state index in [9.17, 15) is 5.11 Å². The lowest BCUT2D eigenvalue weighted by Gasteiger charge is -2.29. The number of ether oxygens (including phenoxy) is 1. The molecule has 1 aliphatic rings. The minimum atomic E-state index is -0.887. The first-order chi connectivity index (χ1) is 7.68. The van der Waals surface area contributed by atoms with Crippen LogP contribution >= 0.6 is 0 Å². The molecule has 2 rings (SSSR count). The molecule has 0 aliphatic carbocycles. The van der Waals surface area contributed by atoms with Gasteiger partial charge in [-0.3, -0.25) is 0 Å². The summed E-state index contributed by atoms with van der Waals surface area (Å²) in [6.07, 6.45) is 4.65. The highest BCUT2D eigenvalue weighted by atomic mass is 16.5. The van der Waals surface area contributed by atoms with E-state index < -0.39 is 5.60 Å². The monoisotopic (exact) mass is 218 g/mol. The molecule has 1 aliphatic heterocycles. The molecule has 0 saturated heterocycles. The van der Waals surface area contributed by atoms with Crippen molar-refractivity contribution in [2.45, 2.75) is 31.8 Å². The fraction of sp³-hybridized carbons (Fsp3) is 0.429. The van der Waals surface area contributed by atoms with Crippen molar-refractivity contribution in [3.05, 3.63) is 47.7 Å². The third-order valence-electron chi connectivity index (χ3n) is 2.86. The Morgan fingerprint density at radius 2 is 2.06 bits per heavy atom. The number of rotatable bonds is 3. The Hall–Kier alpha value is -1.28. The molecule has 86 valence electrons. The molecule has 1 heterocycles. The highest BCUT2D eigenvalue weighted by Gasteiger charge is 2.28. The van der Waals surface area contributed by atoms with Crippen LogP contribution in [0.3, 0.4) is 0 Å². The normalized spacial score (nSPS) is 19.5. The predicted octanol–water partition coefficient (Wildman–Crippen LogP) is 2.67. The van der Waals surface area contributed by atoms with E-state index in [1.54, 1.807) is 0 Å². The summed E-state index contributed by atoms with van der Waals surface area (Å²) in [6, 6.07) is 10.0. The average Bonchev–Trinajstić information content (AvgIpc) is 2.31. The predicted molar refractivity (Wildman–Crippen MR) is 64.0 cm³/mol. The zero-order chi connectivity index (χ0) is 11.4. The molecule has 1 aromatic carbocycles. The summed E-state index contributed by atoms with van der Waals surface area (Å²) in [7, 11) is 0. The van der Waals surface area contributed by atoms with E-state index >= 15 is 0 Å². The molecule has 0 aromatic heterocycles. The number of benzene rings is 1. The number of hydrogen-bond donors (Lipinski definition) is 1. The van der Waals surface area contributed by atoms with E-state index in [-0.39, 0.29) is 0 Å². The van der Waals surface area contributed by atoms with E-state index in [1.165, 1.54) is 0 Å². The molecule has 0 spiro atoms. The lowest BCUT2D eigenvalue weighted by Crippen LogP contribution is -2.32. The maximum atomic E-state index is 10.4. The van der Waals surface area contributed by atoms with E-state index in [0.717, 1.165) is 30.8 Å². The largest absolute Gasteiger partial charge is 0.495 e. The molecule has 1 aromatic rings. The van der Waals surface area contributed by atoms with Crippen LogP contribution in [0.2, 0.25) is 0 Å². The molecule has 1 atom stereocenters. The number of hydrogen-bond acceptors (Lipinski definition) is 2. The van der Waals surface area contributed by atoms with Gasteiger partial charge >= 0.3 is 0 Å². The third-order valence-corrected chi connectivity index (χ3v) is 2.86. The molecule has 0 fully saturated rings. The van der Waals surface area contributed by atoms with Crippen LogP contribution in [-0.4, -0.2) is 17.3 Å². The second kappa shape index (κ2) is 4.71. The molecule has 0 radical (unpaired) electrons. The minimum Gasteiger partial charge on any atom is -0.495 e. The second-order valence-corrected chi connectivity index (χ2v) is 4.50. The Kier molecular flexibility index (Phi) is 3.30. The van der Waals surface area contributed by atoms with Gasteiger partial charge in [0, 0.05) is 6.42 Å². The standard InChI is InChI=1S/C14H18O2/c1-14(15,13-9-5-6-10-16-13)11-12-7-3-2-4-8-12/h2-4,7-9,15H,5-6,10-11H2,1H3. The van der Waals surface area contributed by atoms with Gasteiger partial charge in [0.1, 0.15) is 11.4 Å². The molecule has 0 saturated carbocycles. The van der Waals surface area contributed by atoms with Crippen molar-refractivity contribution < 1.29 is 9.84 Å². The Labute approximate surface area is 96.6 Å². The van der Waals surface area contributed by atoms with Crippen molar-refractivity contribution in [2.75, 3.05) is 6.61 Å². The fourth-order valence-corrected chi connectivity index (χ4v) is 2.01. The summed E-state index contributed by atoms with van der Waals surface area (Å²) >= 11 is 0. The van der Waals surface area contributed by atoms with Crippen molar-refractivity contribution in [3.63, 3.8) is 0 Å². The van der Waals surface area contributed by atoms with E-state index in [2.05, 4.69) is 0 Å². The lowest BCUT2D eigenvalue weighted by molar-refractivity contribution is 0.0185. The van der Waals surface area contributed by atoms with Gasteiger partial charge in [-0.25, -0.2) is 0 Å². The third kappa shape index (κ3) is 2.64. The van der Waals surface area contributed by atoms with Gasteiger partial charge in [-0.15, -0.1) is 0 Å². The first-order valence-corrected chi connectivity index (χ1v) is 5.78. The van der Waals surface area contributed by atoms with Crippen LogP contribution in [0.15, 0.2) is 42.2 Å². The summed E-state index contributed by atoms with van der Waals surface area (Å²) in [5.74, 6) is 0.725. The van der Waals surface area contributed by atoms with Crippen molar-refractivity contribution in [1.82, 2.24) is 0 Å². The van der Waals surface area contributed by atoms with Gasteiger partial charge in [0.05, 0.1) is 6.61 Å². The van der Waals surface area contributed by atoms with E-state index in [0.29, 0.717) is 6.42 Å². The summed E-state index contributed by atoms with van der Waals surface area (Å²) < 4.78 is 5.53. The average molecular weight is 218 g/mol. The summed E-state index contributed by atoms with van der Waals surface area (Å²) in [5.41, 5.74) is 0.240. The molecular weight excluding hydrogens is 200 g/mol. The van der Waals surface area contributed by atoms with Crippen LogP contribution in [0.5, 0.6) is 0 Å². The lowest BCUT2D eigenvalue weighted by atomic mass is 9.93.